The van der Waals surface area contributed by atoms with Gasteiger partial charge in [-0.25, -0.2) is 0 Å². The van der Waals surface area contributed by atoms with Crippen LogP contribution in [0.1, 0.15) is 32.6 Å². The molecule has 0 aromatic heterocycles. The van der Waals surface area contributed by atoms with E-state index in [4.69, 9.17) is 10.5 Å². The van der Waals surface area contributed by atoms with Crippen molar-refractivity contribution in [2.24, 2.45) is 5.41 Å². The Bertz CT molecular complexity index is 243. The van der Waals surface area contributed by atoms with E-state index in [2.05, 4.69) is 0 Å². The zero-order chi connectivity index (χ0) is 11.2. The predicted molar refractivity (Wildman–Crippen MR) is 43.9 cm³/mol. The number of nitrogens with zero attached hydrogens (tertiary/aromatic N) is 2. The van der Waals surface area contributed by atoms with Crippen molar-refractivity contribution in [3.63, 3.8) is 0 Å². The quantitative estimate of drug-likeness (QED) is 0.706. The van der Waals surface area contributed by atoms with Crippen LogP contribution >= 0.6 is 0 Å². The molecule has 0 aliphatic rings. The second-order valence-electron chi connectivity index (χ2n) is 3.17. The molecule has 0 aromatic carbocycles. The van der Waals surface area contributed by atoms with Gasteiger partial charge in [-0.05, 0) is 12.8 Å². The first-order valence-electron chi connectivity index (χ1n) is 4.28. The fourth-order valence-electron chi connectivity index (χ4n) is 1.16. The number of nitriles is 2. The molecule has 0 aliphatic heterocycles. The summed E-state index contributed by atoms with van der Waals surface area (Å²) in [7, 11) is 0. The molecule has 0 bridgehead atoms. The van der Waals surface area contributed by atoms with Gasteiger partial charge in [0.25, 0.3) is 0 Å². The summed E-state index contributed by atoms with van der Waals surface area (Å²) in [4.78, 5) is 0. The van der Waals surface area contributed by atoms with Crippen LogP contribution in [0.3, 0.4) is 0 Å². The van der Waals surface area contributed by atoms with Crippen molar-refractivity contribution in [1.29, 1.82) is 10.5 Å². The fourth-order valence-corrected chi connectivity index (χ4v) is 1.16. The second kappa shape index (κ2) is 4.85. The van der Waals surface area contributed by atoms with E-state index in [1.54, 1.807) is 19.1 Å². The lowest BCUT2D eigenvalue weighted by molar-refractivity contribution is -0.138. The number of hydrogen-bond acceptors (Lipinski definition) is 2. The molecule has 0 radical (unpaired) electrons. The summed E-state index contributed by atoms with van der Waals surface area (Å²) in [5.41, 5.74) is -1.47. The Hall–Kier alpha value is -1.23. The van der Waals surface area contributed by atoms with Crippen LogP contribution in [-0.4, -0.2) is 6.18 Å². The van der Waals surface area contributed by atoms with Crippen LogP contribution < -0.4 is 0 Å². The van der Waals surface area contributed by atoms with Crippen LogP contribution in [0.15, 0.2) is 0 Å². The Kier molecular flexibility index (Phi) is 4.43. The third-order valence-corrected chi connectivity index (χ3v) is 1.94. The monoisotopic (exact) mass is 204 g/mol. The lowest BCUT2D eigenvalue weighted by atomic mass is 9.82. The first-order chi connectivity index (χ1) is 6.39. The lowest BCUT2D eigenvalue weighted by Gasteiger charge is -2.18. The molecule has 0 amide bonds. The average molecular weight is 204 g/mol. The van der Waals surface area contributed by atoms with Gasteiger partial charge >= 0.3 is 6.18 Å². The van der Waals surface area contributed by atoms with Crippen molar-refractivity contribution in [3.05, 3.63) is 0 Å². The van der Waals surface area contributed by atoms with E-state index in [0.717, 1.165) is 0 Å². The molecule has 0 saturated carbocycles. The van der Waals surface area contributed by atoms with Gasteiger partial charge in [0, 0.05) is 6.42 Å². The Morgan fingerprint density at radius 1 is 1.00 bits per heavy atom. The largest absolute Gasteiger partial charge is 0.389 e. The van der Waals surface area contributed by atoms with Gasteiger partial charge in [-0.2, -0.15) is 23.7 Å². The summed E-state index contributed by atoms with van der Waals surface area (Å²) in [6.45, 7) is 1.73. The molecule has 0 aromatic rings. The summed E-state index contributed by atoms with van der Waals surface area (Å²) in [6.07, 6.45) is -5.09. The molecule has 5 heteroatoms. The molecule has 0 heterocycles. The minimum atomic E-state index is -4.30. The molecule has 0 fully saturated rings. The first-order valence-corrected chi connectivity index (χ1v) is 4.28. The molecular formula is C9H11F3N2. The van der Waals surface area contributed by atoms with E-state index in [-0.39, 0.29) is 6.42 Å². The Labute approximate surface area is 80.9 Å². The van der Waals surface area contributed by atoms with E-state index in [0.29, 0.717) is 6.42 Å². The third-order valence-electron chi connectivity index (χ3n) is 1.94. The molecule has 0 spiro atoms. The average Bonchev–Trinajstić information content (AvgIpc) is 2.11. The Morgan fingerprint density at radius 3 is 1.79 bits per heavy atom. The van der Waals surface area contributed by atoms with Crippen molar-refractivity contribution >= 4 is 0 Å². The first kappa shape index (κ1) is 12.8. The van der Waals surface area contributed by atoms with Crippen molar-refractivity contribution in [1.82, 2.24) is 0 Å². The maximum atomic E-state index is 11.9. The zero-order valence-electron chi connectivity index (χ0n) is 7.86. The highest BCUT2D eigenvalue weighted by Gasteiger charge is 2.36. The highest BCUT2D eigenvalue weighted by molar-refractivity contribution is 5.13. The molecule has 0 aliphatic carbocycles. The van der Waals surface area contributed by atoms with Crippen LogP contribution in [-0.2, 0) is 0 Å². The van der Waals surface area contributed by atoms with Crippen LogP contribution in [0.5, 0.6) is 0 Å². The van der Waals surface area contributed by atoms with Gasteiger partial charge < -0.3 is 0 Å². The van der Waals surface area contributed by atoms with Crippen molar-refractivity contribution in [2.45, 2.75) is 38.8 Å². The summed E-state index contributed by atoms with van der Waals surface area (Å²) >= 11 is 0. The maximum absolute atomic E-state index is 11.9. The third kappa shape index (κ3) is 4.13. The van der Waals surface area contributed by atoms with Crippen molar-refractivity contribution in [3.8, 4) is 12.1 Å². The lowest BCUT2D eigenvalue weighted by Crippen LogP contribution is -2.20. The van der Waals surface area contributed by atoms with Gasteiger partial charge in [0.1, 0.15) is 5.41 Å². The highest BCUT2D eigenvalue weighted by atomic mass is 19.4. The van der Waals surface area contributed by atoms with Crippen LogP contribution in [0, 0.1) is 28.1 Å². The number of hydrogen-bond donors (Lipinski definition) is 0. The van der Waals surface area contributed by atoms with E-state index >= 15 is 0 Å². The SMILES string of the molecule is CCCC(C#N)(C#N)CCC(F)(F)F. The minimum absolute atomic E-state index is 0.191. The number of halogens is 3. The van der Waals surface area contributed by atoms with Gasteiger partial charge in [0.05, 0.1) is 12.1 Å². The molecule has 0 unspecified atom stereocenters. The summed E-state index contributed by atoms with van der Waals surface area (Å²) in [5, 5.41) is 17.3. The number of alkyl halides is 3. The van der Waals surface area contributed by atoms with Gasteiger partial charge in [-0.1, -0.05) is 13.3 Å². The van der Waals surface area contributed by atoms with Crippen LogP contribution in [0.4, 0.5) is 13.2 Å². The van der Waals surface area contributed by atoms with Gasteiger partial charge in [0.15, 0.2) is 0 Å². The second-order valence-corrected chi connectivity index (χ2v) is 3.17. The van der Waals surface area contributed by atoms with E-state index < -0.39 is 24.4 Å². The molecular weight excluding hydrogens is 193 g/mol. The van der Waals surface area contributed by atoms with Gasteiger partial charge in [-0.3, -0.25) is 0 Å². The maximum Gasteiger partial charge on any atom is 0.389 e. The standard InChI is InChI=1S/C9H11F3N2/c1-2-3-8(6-13,7-14)4-5-9(10,11)12/h2-5H2,1H3. The molecule has 0 atom stereocenters. The highest BCUT2D eigenvalue weighted by Crippen LogP contribution is 2.33. The van der Waals surface area contributed by atoms with Crippen LogP contribution in [0.25, 0.3) is 0 Å². The molecule has 0 saturated heterocycles. The molecule has 2 nitrogen and oxygen atoms in total. The topological polar surface area (TPSA) is 47.6 Å². The van der Waals surface area contributed by atoms with E-state index in [1.807, 2.05) is 0 Å². The van der Waals surface area contributed by atoms with Gasteiger partial charge in [0.2, 0.25) is 0 Å². The zero-order valence-corrected chi connectivity index (χ0v) is 7.86. The number of rotatable bonds is 4. The summed E-state index contributed by atoms with van der Waals surface area (Å²) in [5.74, 6) is 0. The molecule has 14 heavy (non-hydrogen) atoms. The minimum Gasteiger partial charge on any atom is -0.197 e. The van der Waals surface area contributed by atoms with Crippen molar-refractivity contribution < 1.29 is 13.2 Å². The van der Waals surface area contributed by atoms with Crippen LogP contribution in [0.2, 0.25) is 0 Å². The smallest absolute Gasteiger partial charge is 0.197 e. The fraction of sp³-hybridized carbons (Fsp3) is 0.778. The van der Waals surface area contributed by atoms with E-state index in [9.17, 15) is 13.2 Å². The molecule has 0 rings (SSSR count). The van der Waals surface area contributed by atoms with Gasteiger partial charge in [-0.15, -0.1) is 0 Å². The summed E-state index contributed by atoms with van der Waals surface area (Å²) < 4.78 is 35.6. The molecule has 0 N–H and O–H groups in total. The summed E-state index contributed by atoms with van der Waals surface area (Å²) in [6, 6.07) is 3.36. The van der Waals surface area contributed by atoms with E-state index in [1.165, 1.54) is 0 Å². The van der Waals surface area contributed by atoms with Crippen molar-refractivity contribution in [2.75, 3.05) is 0 Å². The molecule has 78 valence electrons. The Morgan fingerprint density at radius 2 is 1.50 bits per heavy atom. The normalized spacial score (nSPS) is 11.9. The Balaban J connectivity index is 4.41. The predicted octanol–water partition coefficient (Wildman–Crippen LogP) is 3.16.